The van der Waals surface area contributed by atoms with E-state index in [1.54, 1.807) is 12.1 Å². The Morgan fingerprint density at radius 3 is 2.67 bits per heavy atom. The van der Waals surface area contributed by atoms with Crippen molar-refractivity contribution in [3.8, 4) is 11.4 Å². The molecule has 1 atom stereocenters. The van der Waals surface area contributed by atoms with Gasteiger partial charge in [-0.3, -0.25) is 4.57 Å². The van der Waals surface area contributed by atoms with E-state index in [0.29, 0.717) is 0 Å². The van der Waals surface area contributed by atoms with Gasteiger partial charge in [-0.25, -0.2) is 9.37 Å². The Labute approximate surface area is 138 Å². The molecule has 1 N–H and O–H groups in total. The number of nitrogens with one attached hydrogen (secondary N) is 1. The fourth-order valence-corrected chi connectivity index (χ4v) is 3.42. The molecule has 1 aliphatic rings. The van der Waals surface area contributed by atoms with Crippen LogP contribution in [-0.4, -0.2) is 9.55 Å². The smallest absolute Gasteiger partial charge is 0.145 e. The maximum absolute atomic E-state index is 13.8. The number of rotatable bonds is 1. The molecule has 1 aromatic heterocycles. The number of hydrogen-bond donors (Lipinski definition) is 1. The van der Waals surface area contributed by atoms with Gasteiger partial charge in [-0.2, -0.15) is 0 Å². The number of para-hydroxylation sites is 3. The summed E-state index contributed by atoms with van der Waals surface area (Å²) in [5.74, 6) is 0.666. The van der Waals surface area contributed by atoms with Crippen LogP contribution in [0.5, 0.6) is 0 Å². The van der Waals surface area contributed by atoms with Crippen LogP contribution in [0.2, 0.25) is 0 Å². The van der Waals surface area contributed by atoms with Gasteiger partial charge in [0.2, 0.25) is 0 Å². The van der Waals surface area contributed by atoms with Crippen molar-refractivity contribution in [2.45, 2.75) is 6.17 Å². The minimum atomic E-state index is -0.237. The van der Waals surface area contributed by atoms with Gasteiger partial charge in [0.25, 0.3) is 0 Å². The summed E-state index contributed by atoms with van der Waals surface area (Å²) in [5.41, 5.74) is 4.90. The molecule has 2 heterocycles. The maximum Gasteiger partial charge on any atom is 0.145 e. The number of nitrogens with zero attached hydrogens (tertiary/aromatic N) is 2. The maximum atomic E-state index is 13.8. The fourth-order valence-electron chi connectivity index (χ4n) is 3.42. The zero-order valence-electron chi connectivity index (χ0n) is 12.8. The lowest BCUT2D eigenvalue weighted by Gasteiger charge is -2.30. The zero-order chi connectivity index (χ0) is 16.1. The molecule has 0 bridgehead atoms. The van der Waals surface area contributed by atoms with Gasteiger partial charge in [-0.1, -0.05) is 36.4 Å². The van der Waals surface area contributed by atoms with E-state index in [9.17, 15) is 4.39 Å². The van der Waals surface area contributed by atoms with Crippen molar-refractivity contribution in [3.05, 3.63) is 84.2 Å². The molecule has 4 heteroatoms. The Morgan fingerprint density at radius 2 is 1.75 bits per heavy atom. The number of halogens is 1. The predicted octanol–water partition coefficient (Wildman–Crippen LogP) is 4.81. The fraction of sp³-hybridized carbons (Fsp3) is 0.0500. The molecule has 4 aromatic rings. The van der Waals surface area contributed by atoms with Gasteiger partial charge in [0.15, 0.2) is 0 Å². The topological polar surface area (TPSA) is 29.9 Å². The molecule has 3 aromatic carbocycles. The lowest BCUT2D eigenvalue weighted by Crippen LogP contribution is -2.24. The Balaban J connectivity index is 1.83. The second-order valence-corrected chi connectivity index (χ2v) is 5.94. The van der Waals surface area contributed by atoms with Crippen LogP contribution in [0, 0.1) is 5.82 Å². The van der Waals surface area contributed by atoms with Crippen molar-refractivity contribution in [1.29, 1.82) is 0 Å². The summed E-state index contributed by atoms with van der Waals surface area (Å²) in [6.07, 6.45) is -0.196. The van der Waals surface area contributed by atoms with Gasteiger partial charge in [0.05, 0.1) is 11.0 Å². The van der Waals surface area contributed by atoms with E-state index < -0.39 is 0 Å². The molecule has 24 heavy (non-hydrogen) atoms. The van der Waals surface area contributed by atoms with Crippen molar-refractivity contribution in [1.82, 2.24) is 9.55 Å². The second kappa shape index (κ2) is 4.93. The highest BCUT2D eigenvalue weighted by Gasteiger charge is 2.28. The molecule has 0 radical (unpaired) electrons. The summed E-state index contributed by atoms with van der Waals surface area (Å²) in [5, 5.41) is 3.53. The van der Waals surface area contributed by atoms with Crippen LogP contribution in [0.15, 0.2) is 72.8 Å². The molecular formula is C20H14FN3. The molecule has 0 spiro atoms. The monoisotopic (exact) mass is 315 g/mol. The third-order valence-electron chi connectivity index (χ3n) is 4.48. The minimum absolute atomic E-state index is 0.196. The van der Waals surface area contributed by atoms with E-state index in [2.05, 4.69) is 16.0 Å². The van der Waals surface area contributed by atoms with E-state index in [-0.39, 0.29) is 12.0 Å². The zero-order valence-corrected chi connectivity index (χ0v) is 12.8. The van der Waals surface area contributed by atoms with Crippen LogP contribution >= 0.6 is 0 Å². The van der Waals surface area contributed by atoms with Crippen LogP contribution in [0.1, 0.15) is 11.7 Å². The summed E-state index contributed by atoms with van der Waals surface area (Å²) < 4.78 is 15.9. The van der Waals surface area contributed by atoms with Gasteiger partial charge >= 0.3 is 0 Å². The quantitative estimate of drug-likeness (QED) is 0.546. The Hall–Kier alpha value is -3.14. The number of benzene rings is 3. The third-order valence-corrected chi connectivity index (χ3v) is 4.48. The highest BCUT2D eigenvalue weighted by atomic mass is 19.1. The number of fused-ring (bicyclic) bond motifs is 5. The summed E-state index contributed by atoms with van der Waals surface area (Å²) in [7, 11) is 0. The number of aromatic nitrogens is 2. The van der Waals surface area contributed by atoms with Crippen LogP contribution in [0.4, 0.5) is 10.1 Å². The molecule has 0 saturated carbocycles. The molecule has 0 fully saturated rings. The van der Waals surface area contributed by atoms with E-state index in [1.807, 2.05) is 48.5 Å². The van der Waals surface area contributed by atoms with Gasteiger partial charge in [-0.05, 0) is 42.0 Å². The molecule has 0 saturated heterocycles. The minimum Gasteiger partial charge on any atom is -0.361 e. The first-order valence-corrected chi connectivity index (χ1v) is 7.90. The Kier molecular flexibility index (Phi) is 2.73. The van der Waals surface area contributed by atoms with Crippen LogP contribution in [-0.2, 0) is 0 Å². The van der Waals surface area contributed by atoms with E-state index in [0.717, 1.165) is 33.7 Å². The molecule has 116 valence electrons. The van der Waals surface area contributed by atoms with Crippen LogP contribution in [0.3, 0.4) is 0 Å². The summed E-state index contributed by atoms with van der Waals surface area (Å²) in [6.45, 7) is 0. The molecule has 0 amide bonds. The molecule has 1 unspecified atom stereocenters. The van der Waals surface area contributed by atoms with Gasteiger partial charge in [0.1, 0.15) is 17.8 Å². The third kappa shape index (κ3) is 1.86. The number of anilines is 1. The average molecular weight is 315 g/mol. The van der Waals surface area contributed by atoms with Crippen LogP contribution < -0.4 is 5.32 Å². The van der Waals surface area contributed by atoms with E-state index >= 15 is 0 Å². The van der Waals surface area contributed by atoms with Gasteiger partial charge in [-0.15, -0.1) is 0 Å². The first-order chi connectivity index (χ1) is 11.8. The molecular weight excluding hydrogens is 301 g/mol. The van der Waals surface area contributed by atoms with E-state index in [4.69, 9.17) is 4.98 Å². The summed E-state index contributed by atoms with van der Waals surface area (Å²) in [4.78, 5) is 4.82. The average Bonchev–Trinajstić information content (AvgIpc) is 3.01. The van der Waals surface area contributed by atoms with Crippen molar-refractivity contribution in [2.75, 3.05) is 5.32 Å². The highest BCUT2D eigenvalue weighted by molar-refractivity contribution is 5.86. The Morgan fingerprint density at radius 1 is 0.917 bits per heavy atom. The van der Waals surface area contributed by atoms with Crippen molar-refractivity contribution >= 4 is 16.7 Å². The van der Waals surface area contributed by atoms with Crippen LogP contribution in [0.25, 0.3) is 22.4 Å². The summed E-state index contributed by atoms with van der Waals surface area (Å²) >= 11 is 0. The van der Waals surface area contributed by atoms with Crippen molar-refractivity contribution in [2.24, 2.45) is 0 Å². The second-order valence-electron chi connectivity index (χ2n) is 5.94. The number of imidazole rings is 1. The lowest BCUT2D eigenvalue weighted by atomic mass is 10.1. The van der Waals surface area contributed by atoms with Crippen molar-refractivity contribution < 1.29 is 4.39 Å². The molecule has 5 rings (SSSR count). The first-order valence-electron chi connectivity index (χ1n) is 7.90. The van der Waals surface area contributed by atoms with E-state index in [1.165, 1.54) is 6.07 Å². The summed E-state index contributed by atoms with van der Waals surface area (Å²) in [6, 6.07) is 22.8. The van der Waals surface area contributed by atoms with Crippen molar-refractivity contribution in [3.63, 3.8) is 0 Å². The Bertz CT molecular complexity index is 1070. The highest BCUT2D eigenvalue weighted by Crippen LogP contribution is 2.40. The lowest BCUT2D eigenvalue weighted by molar-refractivity contribution is 0.613. The largest absolute Gasteiger partial charge is 0.361 e. The standard InChI is InChI=1S/C20H14FN3/c21-14-7-5-6-13(12-14)19-22-16-9-2-1-8-15(16)20-23-17-10-3-4-11-18(17)24(19)20/h1-12,19,22H. The SMILES string of the molecule is Fc1cccc(C2Nc3ccccc3-c3nc4ccccc4n32)c1. The first kappa shape index (κ1) is 13.3. The number of hydrogen-bond acceptors (Lipinski definition) is 2. The molecule has 3 nitrogen and oxygen atoms in total. The van der Waals surface area contributed by atoms with Gasteiger partial charge < -0.3 is 5.32 Å². The molecule has 0 aliphatic carbocycles. The molecule has 1 aliphatic heterocycles. The normalized spacial score (nSPS) is 15.6. The predicted molar refractivity (Wildman–Crippen MR) is 93.3 cm³/mol. The van der Waals surface area contributed by atoms with Gasteiger partial charge in [0, 0.05) is 11.3 Å².